The molecule has 51 heavy (non-hydrogen) atoms. The summed E-state index contributed by atoms with van der Waals surface area (Å²) < 4.78 is 0. The van der Waals surface area contributed by atoms with E-state index in [2.05, 4.69) is 31.1 Å². The Kier molecular flexibility index (Phi) is 8.71. The lowest BCUT2D eigenvalue weighted by atomic mass is 9.92. The second-order valence-electron chi connectivity index (χ2n) is 13.8. The Labute approximate surface area is 297 Å². The van der Waals surface area contributed by atoms with Crippen LogP contribution < -0.4 is 31.1 Å². The average Bonchev–Trinajstić information content (AvgIpc) is 3.16. The number of benzene rings is 4. The second kappa shape index (κ2) is 13.3. The quantitative estimate of drug-likeness (QED) is 0.154. The van der Waals surface area contributed by atoms with Crippen LogP contribution in [0, 0.1) is 0 Å². The van der Waals surface area contributed by atoms with Gasteiger partial charge in [0.05, 0.1) is 18.5 Å². The summed E-state index contributed by atoms with van der Waals surface area (Å²) in [5, 5.41) is 16.8. The second-order valence-corrected chi connectivity index (χ2v) is 13.8. The first kappa shape index (κ1) is 33.3. The number of nitrogens with zero attached hydrogens (tertiary/aromatic N) is 4. The van der Waals surface area contributed by atoms with Crippen LogP contribution in [0.2, 0.25) is 0 Å². The molecule has 0 radical (unpaired) electrons. The van der Waals surface area contributed by atoms with Gasteiger partial charge in [0.15, 0.2) is 0 Å². The Morgan fingerprint density at radius 2 is 0.941 bits per heavy atom. The van der Waals surface area contributed by atoms with Gasteiger partial charge in [0, 0.05) is 108 Å². The standard InChI is InChI=1S/C39H44N8O4/c1-4-33(42-23(2)46-36(48)27-9-5-7-25-31(44-19-15-40-16-20-44)13-11-29(34(25)27)38(46)50)43-24(3)47-37(49)28-10-6-8-26-32(45-21-17-41-18-22-45)14-12-30(35(26)28)39(47)51/h5-14,23-24,33,40-43H,4,15-22H2,1-3H3. The average molecular weight is 689 g/mol. The van der Waals surface area contributed by atoms with E-state index in [1.54, 1.807) is 26.0 Å². The molecule has 4 N–H and O–H groups in total. The van der Waals surface area contributed by atoms with Gasteiger partial charge in [-0.3, -0.25) is 39.6 Å². The summed E-state index contributed by atoms with van der Waals surface area (Å²) in [5.41, 5.74) is 4.06. The predicted octanol–water partition coefficient (Wildman–Crippen LogP) is 3.31. The third-order valence-electron chi connectivity index (χ3n) is 10.8. The van der Waals surface area contributed by atoms with E-state index in [0.29, 0.717) is 39.4 Å². The molecular formula is C39H44N8O4. The number of amides is 4. The van der Waals surface area contributed by atoms with Crippen molar-refractivity contribution in [3.8, 4) is 0 Å². The van der Waals surface area contributed by atoms with Crippen LogP contribution in [0.3, 0.4) is 0 Å². The van der Waals surface area contributed by atoms with E-state index in [0.717, 1.165) is 74.5 Å². The smallest absolute Gasteiger partial charge is 0.262 e. The summed E-state index contributed by atoms with van der Waals surface area (Å²) in [6.07, 6.45) is -1.24. The van der Waals surface area contributed by atoms with Crippen molar-refractivity contribution in [3.05, 3.63) is 82.9 Å². The molecular weight excluding hydrogens is 644 g/mol. The van der Waals surface area contributed by atoms with Gasteiger partial charge in [-0.1, -0.05) is 31.2 Å². The fourth-order valence-electron chi connectivity index (χ4n) is 8.28. The van der Waals surface area contributed by atoms with Crippen molar-refractivity contribution in [3.63, 3.8) is 0 Å². The number of rotatable bonds is 9. The van der Waals surface area contributed by atoms with Crippen molar-refractivity contribution in [1.82, 2.24) is 31.1 Å². The van der Waals surface area contributed by atoms with Crippen LogP contribution in [0.4, 0.5) is 11.4 Å². The lowest BCUT2D eigenvalue weighted by Gasteiger charge is -2.38. The highest BCUT2D eigenvalue weighted by Gasteiger charge is 2.40. The maximum absolute atomic E-state index is 14.0. The Bertz CT molecular complexity index is 1880. The van der Waals surface area contributed by atoms with Crippen molar-refractivity contribution >= 4 is 56.5 Å². The zero-order valence-corrected chi connectivity index (χ0v) is 29.3. The normalized spacial score (nSPS) is 19.7. The molecule has 4 aliphatic heterocycles. The number of piperazine rings is 2. The summed E-state index contributed by atoms with van der Waals surface area (Å²) in [6.45, 7) is 12.5. The van der Waals surface area contributed by atoms with Crippen molar-refractivity contribution in [2.45, 2.75) is 45.7 Å². The first-order chi connectivity index (χ1) is 24.8. The summed E-state index contributed by atoms with van der Waals surface area (Å²) in [6, 6.07) is 19.0. The van der Waals surface area contributed by atoms with Crippen LogP contribution in [0.15, 0.2) is 60.7 Å². The van der Waals surface area contributed by atoms with Gasteiger partial charge in [0.2, 0.25) is 0 Å². The Balaban J connectivity index is 1.01. The monoisotopic (exact) mass is 688 g/mol. The third-order valence-corrected chi connectivity index (χ3v) is 10.8. The minimum Gasteiger partial charge on any atom is -0.368 e. The molecule has 0 saturated carbocycles. The minimum absolute atomic E-state index is 0.357. The van der Waals surface area contributed by atoms with Crippen LogP contribution in [0.1, 0.15) is 68.6 Å². The number of hydrogen-bond donors (Lipinski definition) is 4. The maximum Gasteiger partial charge on any atom is 0.262 e. The molecule has 4 aromatic rings. The Morgan fingerprint density at radius 3 is 1.31 bits per heavy atom. The predicted molar refractivity (Wildman–Crippen MR) is 198 cm³/mol. The van der Waals surface area contributed by atoms with E-state index < -0.39 is 18.5 Å². The summed E-state index contributed by atoms with van der Waals surface area (Å²) in [7, 11) is 0. The van der Waals surface area contributed by atoms with E-state index in [1.807, 2.05) is 55.5 Å². The highest BCUT2D eigenvalue weighted by atomic mass is 16.2. The molecule has 4 aliphatic rings. The number of nitrogens with one attached hydrogen (secondary N) is 4. The molecule has 4 heterocycles. The summed E-state index contributed by atoms with van der Waals surface area (Å²) in [4.78, 5) is 63.2. The van der Waals surface area contributed by atoms with Gasteiger partial charge in [-0.15, -0.1) is 0 Å². The maximum atomic E-state index is 14.0. The molecule has 0 bridgehead atoms. The van der Waals surface area contributed by atoms with Gasteiger partial charge in [0.25, 0.3) is 23.6 Å². The molecule has 0 spiro atoms. The molecule has 2 fully saturated rings. The molecule has 4 amide bonds. The minimum atomic E-state index is -0.684. The van der Waals surface area contributed by atoms with Gasteiger partial charge in [-0.2, -0.15) is 0 Å². The molecule has 2 unspecified atom stereocenters. The van der Waals surface area contributed by atoms with Crippen LogP contribution in [0.5, 0.6) is 0 Å². The summed E-state index contributed by atoms with van der Waals surface area (Å²) in [5.74, 6) is -1.43. The van der Waals surface area contributed by atoms with E-state index in [9.17, 15) is 19.2 Å². The van der Waals surface area contributed by atoms with Gasteiger partial charge in [-0.25, -0.2) is 0 Å². The Morgan fingerprint density at radius 1 is 0.569 bits per heavy atom. The third kappa shape index (κ3) is 5.53. The van der Waals surface area contributed by atoms with Crippen LogP contribution in [0.25, 0.3) is 21.5 Å². The molecule has 2 saturated heterocycles. The highest BCUT2D eigenvalue weighted by molar-refractivity contribution is 6.28. The van der Waals surface area contributed by atoms with Gasteiger partial charge < -0.3 is 20.4 Å². The number of hydrogen-bond acceptors (Lipinski definition) is 10. The first-order valence-electron chi connectivity index (χ1n) is 18.1. The van der Waals surface area contributed by atoms with Crippen LogP contribution in [-0.2, 0) is 0 Å². The SMILES string of the molecule is CCC(NC(C)N1C(=O)c2cccc3c(N4CCNCC4)ccc(c23)C1=O)NC(C)N1C(=O)c2cccc3c(N4CCNCC4)ccc(c23)C1=O. The lowest BCUT2D eigenvalue weighted by molar-refractivity contribution is 0.0473. The Hall–Kier alpha value is -4.88. The molecule has 8 rings (SSSR count). The van der Waals surface area contributed by atoms with Crippen LogP contribution in [-0.4, -0.2) is 104 Å². The van der Waals surface area contributed by atoms with E-state index in [1.165, 1.54) is 9.80 Å². The number of imide groups is 2. The molecule has 0 aromatic heterocycles. The number of carbonyl (C=O) groups excluding carboxylic acids is 4. The number of anilines is 2. The molecule has 2 atom stereocenters. The molecule has 12 nitrogen and oxygen atoms in total. The topological polar surface area (TPSA) is 129 Å². The summed E-state index contributed by atoms with van der Waals surface area (Å²) >= 11 is 0. The van der Waals surface area contributed by atoms with Crippen molar-refractivity contribution in [1.29, 1.82) is 0 Å². The van der Waals surface area contributed by atoms with Gasteiger partial charge in [-0.05, 0) is 56.7 Å². The zero-order chi connectivity index (χ0) is 35.4. The molecule has 0 aliphatic carbocycles. The zero-order valence-electron chi connectivity index (χ0n) is 29.3. The molecule has 264 valence electrons. The van der Waals surface area contributed by atoms with Crippen LogP contribution >= 0.6 is 0 Å². The fourth-order valence-corrected chi connectivity index (χ4v) is 8.28. The van der Waals surface area contributed by atoms with E-state index in [-0.39, 0.29) is 23.6 Å². The van der Waals surface area contributed by atoms with Gasteiger partial charge in [0.1, 0.15) is 0 Å². The first-order valence-corrected chi connectivity index (χ1v) is 18.1. The van der Waals surface area contributed by atoms with E-state index in [4.69, 9.17) is 0 Å². The highest BCUT2D eigenvalue weighted by Crippen LogP contribution is 2.38. The number of carbonyl (C=O) groups is 4. The molecule has 4 aromatic carbocycles. The lowest BCUT2D eigenvalue weighted by Crippen LogP contribution is -2.61. The van der Waals surface area contributed by atoms with Crippen molar-refractivity contribution in [2.24, 2.45) is 0 Å². The van der Waals surface area contributed by atoms with Gasteiger partial charge >= 0.3 is 0 Å². The van der Waals surface area contributed by atoms with Crippen molar-refractivity contribution < 1.29 is 19.2 Å². The van der Waals surface area contributed by atoms with Crippen molar-refractivity contribution in [2.75, 3.05) is 62.2 Å². The fraction of sp³-hybridized carbons (Fsp3) is 0.385. The largest absolute Gasteiger partial charge is 0.368 e. The van der Waals surface area contributed by atoms with E-state index >= 15 is 0 Å². The molecule has 12 heteroatoms.